The van der Waals surface area contributed by atoms with E-state index in [0.29, 0.717) is 28.3 Å². The summed E-state index contributed by atoms with van der Waals surface area (Å²) in [5.41, 5.74) is 3.97. The number of carbonyl (C=O) groups excluding carboxylic acids is 4. The van der Waals surface area contributed by atoms with Crippen molar-refractivity contribution in [2.75, 3.05) is 20.8 Å². The van der Waals surface area contributed by atoms with Crippen molar-refractivity contribution in [2.45, 2.75) is 88.3 Å². The van der Waals surface area contributed by atoms with Gasteiger partial charge in [0.05, 0.1) is 25.5 Å². The number of carbonyl (C=O) groups is 4. The zero-order valence-corrected chi connectivity index (χ0v) is 30.6. The lowest BCUT2D eigenvalue weighted by molar-refractivity contribution is -0.237. The molecule has 0 bridgehead atoms. The average Bonchev–Trinajstić information content (AvgIpc) is 3.11. The van der Waals surface area contributed by atoms with E-state index in [1.165, 1.54) is 39.2 Å². The minimum atomic E-state index is -1.38. The van der Waals surface area contributed by atoms with Crippen LogP contribution < -0.4 is 9.47 Å². The molecule has 1 saturated heterocycles. The molecule has 2 heterocycles. The lowest BCUT2D eigenvalue weighted by Gasteiger charge is -2.44. The van der Waals surface area contributed by atoms with Crippen molar-refractivity contribution in [3.63, 3.8) is 0 Å². The third-order valence-corrected chi connectivity index (χ3v) is 9.71. The standard InChI is InChI=1S/C38H40N2O11S/c1-20(41)47-19-33-34(48-21(2)42)35(49-22(3)43)36(50-23(4)44)38(51-33)52-37-31(18-39)30(27-14-28(45-5)16-29(15-27)46-6)17-32(40-37)26-12-11-24-9-7-8-10-25(24)13-26/h11-17,33-36,38H,7-10,19H2,1-6H3/t33-,34+,35+,36-,38+/m1/s1. The number of benzene rings is 2. The second-order valence-electron chi connectivity index (χ2n) is 12.3. The SMILES string of the molecule is COc1cc(OC)cc(-c2cc(-c3ccc4c(c3)CCCC4)nc(S[C@@H]3O[C@H](COC(C)=O)[C@H](OC(C)=O)[C@H](OC(C)=O)[C@H]3OC(C)=O)c2C#N)c1. The Morgan fingerprint density at radius 1 is 0.788 bits per heavy atom. The maximum absolute atomic E-state index is 12.5. The summed E-state index contributed by atoms with van der Waals surface area (Å²) in [6.45, 7) is 4.28. The van der Waals surface area contributed by atoms with Crippen LogP contribution in [0.15, 0.2) is 47.5 Å². The van der Waals surface area contributed by atoms with E-state index in [0.717, 1.165) is 56.9 Å². The molecule has 1 aliphatic heterocycles. The molecule has 5 rings (SSSR count). The predicted octanol–water partition coefficient (Wildman–Crippen LogP) is 5.36. The Bertz CT molecular complexity index is 1870. The summed E-state index contributed by atoms with van der Waals surface area (Å²) in [7, 11) is 3.06. The fraction of sp³-hybridized carbons (Fsp3) is 0.421. The zero-order valence-electron chi connectivity index (χ0n) is 29.8. The van der Waals surface area contributed by atoms with Crippen LogP contribution in [0.3, 0.4) is 0 Å². The van der Waals surface area contributed by atoms with Crippen LogP contribution in [0.4, 0.5) is 0 Å². The summed E-state index contributed by atoms with van der Waals surface area (Å²) in [5, 5.41) is 10.9. The summed E-state index contributed by atoms with van der Waals surface area (Å²) in [6, 6.07) is 15.6. The van der Waals surface area contributed by atoms with Gasteiger partial charge in [-0.15, -0.1) is 0 Å². The molecule has 2 aliphatic rings. The van der Waals surface area contributed by atoms with Gasteiger partial charge in [-0.3, -0.25) is 19.2 Å². The monoisotopic (exact) mass is 732 g/mol. The molecule has 1 aromatic heterocycles. The molecule has 5 atom stereocenters. The van der Waals surface area contributed by atoms with Gasteiger partial charge in [-0.2, -0.15) is 5.26 Å². The number of aromatic nitrogens is 1. The van der Waals surface area contributed by atoms with Crippen LogP contribution in [-0.2, 0) is 55.7 Å². The number of ether oxygens (including phenoxy) is 7. The van der Waals surface area contributed by atoms with Crippen molar-refractivity contribution >= 4 is 35.6 Å². The Hall–Kier alpha value is -5.13. The number of rotatable bonds is 11. The van der Waals surface area contributed by atoms with E-state index in [4.69, 9.17) is 38.1 Å². The van der Waals surface area contributed by atoms with E-state index in [-0.39, 0.29) is 10.6 Å². The Kier molecular flexibility index (Phi) is 12.4. The molecule has 0 amide bonds. The predicted molar refractivity (Wildman–Crippen MR) is 187 cm³/mol. The van der Waals surface area contributed by atoms with Gasteiger partial charge in [0.1, 0.15) is 35.3 Å². The molecule has 0 N–H and O–H groups in total. The zero-order chi connectivity index (χ0) is 37.5. The first-order valence-corrected chi connectivity index (χ1v) is 17.6. The van der Waals surface area contributed by atoms with Gasteiger partial charge in [0.15, 0.2) is 23.7 Å². The molecule has 14 heteroatoms. The van der Waals surface area contributed by atoms with Crippen molar-refractivity contribution in [3.8, 4) is 40.0 Å². The first-order chi connectivity index (χ1) is 24.9. The van der Waals surface area contributed by atoms with Crippen molar-refractivity contribution in [3.05, 3.63) is 59.2 Å². The molecule has 3 aromatic rings. The van der Waals surface area contributed by atoms with Crippen molar-refractivity contribution in [1.82, 2.24) is 4.98 Å². The van der Waals surface area contributed by atoms with Gasteiger partial charge >= 0.3 is 23.9 Å². The molecule has 52 heavy (non-hydrogen) atoms. The van der Waals surface area contributed by atoms with Gasteiger partial charge < -0.3 is 33.2 Å². The summed E-state index contributed by atoms with van der Waals surface area (Å²) < 4.78 is 39.5. The fourth-order valence-corrected chi connectivity index (χ4v) is 7.53. The molecule has 0 unspecified atom stereocenters. The lowest BCUT2D eigenvalue weighted by Crippen LogP contribution is -2.61. The van der Waals surface area contributed by atoms with E-state index in [1.807, 2.05) is 12.1 Å². The molecule has 0 saturated carbocycles. The fourth-order valence-electron chi connectivity index (χ4n) is 6.34. The molecular formula is C38H40N2O11S. The van der Waals surface area contributed by atoms with Gasteiger partial charge in [0, 0.05) is 44.9 Å². The number of fused-ring (bicyclic) bond motifs is 1. The van der Waals surface area contributed by atoms with Crippen molar-refractivity contribution < 1.29 is 52.3 Å². The van der Waals surface area contributed by atoms with Gasteiger partial charge in [-0.25, -0.2) is 4.98 Å². The molecule has 13 nitrogen and oxygen atoms in total. The number of hydrogen-bond acceptors (Lipinski definition) is 14. The van der Waals surface area contributed by atoms with Crippen LogP contribution in [-0.4, -0.2) is 79.5 Å². The number of nitrogens with zero attached hydrogens (tertiary/aromatic N) is 2. The van der Waals surface area contributed by atoms with Crippen LogP contribution in [0.25, 0.3) is 22.4 Å². The van der Waals surface area contributed by atoms with Crippen LogP contribution in [0.5, 0.6) is 11.5 Å². The highest BCUT2D eigenvalue weighted by Gasteiger charge is 2.52. The highest BCUT2D eigenvalue weighted by Crippen LogP contribution is 2.42. The van der Waals surface area contributed by atoms with Gasteiger partial charge in [0.25, 0.3) is 0 Å². The summed E-state index contributed by atoms with van der Waals surface area (Å²) in [4.78, 5) is 54.0. The minimum Gasteiger partial charge on any atom is -0.497 e. The third-order valence-electron chi connectivity index (χ3n) is 8.58. The quantitative estimate of drug-likeness (QED) is 0.182. The number of esters is 4. The number of nitriles is 1. The second kappa shape index (κ2) is 16.9. The normalized spacial score (nSPS) is 20.8. The van der Waals surface area contributed by atoms with Crippen molar-refractivity contribution in [1.29, 1.82) is 5.26 Å². The van der Waals surface area contributed by atoms with Crippen LogP contribution >= 0.6 is 11.8 Å². The lowest BCUT2D eigenvalue weighted by atomic mass is 9.89. The average molecular weight is 733 g/mol. The maximum Gasteiger partial charge on any atom is 0.303 e. The molecule has 0 radical (unpaired) electrons. The summed E-state index contributed by atoms with van der Waals surface area (Å²) >= 11 is 0.954. The molecule has 274 valence electrons. The Morgan fingerprint density at radius 3 is 2.00 bits per heavy atom. The molecular weight excluding hydrogens is 692 g/mol. The number of methoxy groups -OCH3 is 2. The van der Waals surface area contributed by atoms with Gasteiger partial charge in [-0.1, -0.05) is 23.9 Å². The van der Waals surface area contributed by atoms with Crippen LogP contribution in [0, 0.1) is 11.3 Å². The smallest absolute Gasteiger partial charge is 0.303 e. The van der Waals surface area contributed by atoms with Crippen LogP contribution in [0.1, 0.15) is 57.2 Å². The van der Waals surface area contributed by atoms with Gasteiger partial charge in [0.2, 0.25) is 0 Å². The number of aryl methyl sites for hydroxylation is 2. The van der Waals surface area contributed by atoms with Crippen molar-refractivity contribution in [2.24, 2.45) is 0 Å². The molecule has 0 spiro atoms. The topological polar surface area (TPSA) is 170 Å². The molecule has 2 aromatic carbocycles. The highest BCUT2D eigenvalue weighted by molar-refractivity contribution is 7.99. The van der Waals surface area contributed by atoms with E-state index in [1.54, 1.807) is 18.2 Å². The third kappa shape index (κ3) is 9.02. The Balaban J connectivity index is 1.70. The minimum absolute atomic E-state index is 0.162. The second-order valence-corrected chi connectivity index (χ2v) is 13.4. The highest BCUT2D eigenvalue weighted by atomic mass is 32.2. The summed E-state index contributed by atoms with van der Waals surface area (Å²) in [6.07, 6.45) is -1.10. The summed E-state index contributed by atoms with van der Waals surface area (Å²) in [5.74, 6) is -1.87. The largest absolute Gasteiger partial charge is 0.497 e. The molecule has 1 aliphatic carbocycles. The number of thioether (sulfide) groups is 1. The number of hydrogen-bond donors (Lipinski definition) is 0. The van der Waals surface area contributed by atoms with E-state index >= 15 is 0 Å². The molecule has 1 fully saturated rings. The van der Waals surface area contributed by atoms with E-state index in [9.17, 15) is 24.4 Å². The first-order valence-electron chi connectivity index (χ1n) is 16.7. The Morgan fingerprint density at radius 2 is 1.40 bits per heavy atom. The van der Waals surface area contributed by atoms with Gasteiger partial charge in [-0.05, 0) is 66.6 Å². The Labute approximate surface area is 305 Å². The van der Waals surface area contributed by atoms with E-state index in [2.05, 4.69) is 18.2 Å². The first kappa shape index (κ1) is 38.1. The van der Waals surface area contributed by atoms with E-state index < -0.39 is 60.3 Å². The maximum atomic E-state index is 12.5. The van der Waals surface area contributed by atoms with Crippen LogP contribution in [0.2, 0.25) is 0 Å². The number of pyridine rings is 1.